The van der Waals surface area contributed by atoms with Gasteiger partial charge in [0.15, 0.2) is 0 Å². The fourth-order valence-corrected chi connectivity index (χ4v) is 4.92. The monoisotopic (exact) mass is 627 g/mol. The third-order valence-electron chi connectivity index (χ3n) is 7.46. The van der Waals surface area contributed by atoms with Crippen molar-refractivity contribution in [1.29, 1.82) is 0 Å². The Morgan fingerprint density at radius 3 is 2.26 bits per heavy atom. The number of rotatable bonds is 19. The van der Waals surface area contributed by atoms with E-state index in [-0.39, 0.29) is 18.4 Å². The molecule has 0 aromatic heterocycles. The number of hydrogen-bond acceptors (Lipinski definition) is 7. The van der Waals surface area contributed by atoms with Crippen molar-refractivity contribution in [1.82, 2.24) is 5.32 Å². The summed E-state index contributed by atoms with van der Waals surface area (Å²) in [6, 6.07) is 29.9. The predicted octanol–water partition coefficient (Wildman–Crippen LogP) is 6.61. The van der Waals surface area contributed by atoms with Gasteiger partial charge in [0, 0.05) is 30.1 Å². The highest BCUT2D eigenvalue weighted by Gasteiger charge is 2.10. The van der Waals surface area contributed by atoms with E-state index in [0.717, 1.165) is 48.9 Å². The molecule has 9 nitrogen and oxygen atoms in total. The molecule has 0 spiro atoms. The maximum atomic E-state index is 12.5. The number of carbonyl (C=O) groups excluding carboxylic acids is 1. The zero-order valence-electron chi connectivity index (χ0n) is 26.2. The Morgan fingerprint density at radius 2 is 1.46 bits per heavy atom. The van der Waals surface area contributed by atoms with Crippen LogP contribution in [0.25, 0.3) is 11.1 Å². The standard InChI is InChI=1S/C37H45N3O6/c41-26-32-24-31(15-18-35(32)42)36(43)25-38-19-6-1-2-7-20-45-21-22-46-27-28-9-8-12-34(23-28)40-37(44)39-33-16-13-30(14-17-33)29-10-4-3-5-11-29/h3-5,8-18,23-24,36,38,41-43H,1-2,6-7,19-22,25-27H2,(H2,39,40,44)/t36-/m1/s1. The van der Waals surface area contributed by atoms with Crippen LogP contribution in [0.5, 0.6) is 5.75 Å². The van der Waals surface area contributed by atoms with Crippen molar-refractivity contribution in [3.05, 3.63) is 114 Å². The molecule has 0 aliphatic heterocycles. The molecule has 0 aliphatic rings. The fourth-order valence-electron chi connectivity index (χ4n) is 4.92. The van der Waals surface area contributed by atoms with E-state index in [1.54, 1.807) is 12.1 Å². The van der Waals surface area contributed by atoms with Crippen molar-refractivity contribution in [2.45, 2.75) is 45.0 Å². The summed E-state index contributed by atoms with van der Waals surface area (Å²) in [5, 5.41) is 38.2. The number of urea groups is 1. The lowest BCUT2D eigenvalue weighted by Gasteiger charge is -2.14. The number of benzene rings is 4. The molecule has 0 aliphatic carbocycles. The van der Waals surface area contributed by atoms with Gasteiger partial charge in [-0.25, -0.2) is 4.79 Å². The summed E-state index contributed by atoms with van der Waals surface area (Å²) < 4.78 is 11.5. The van der Waals surface area contributed by atoms with Crippen LogP contribution in [0.1, 0.15) is 48.5 Å². The van der Waals surface area contributed by atoms with E-state index in [1.165, 1.54) is 6.07 Å². The molecule has 4 rings (SSSR count). The maximum Gasteiger partial charge on any atom is 0.323 e. The number of unbranched alkanes of at least 4 members (excludes halogenated alkanes) is 3. The topological polar surface area (TPSA) is 132 Å². The number of anilines is 2. The summed E-state index contributed by atoms with van der Waals surface area (Å²) >= 11 is 0. The Kier molecular flexibility index (Phi) is 14.5. The fraction of sp³-hybridized carbons (Fsp3) is 0.324. The molecule has 2 amide bonds. The molecule has 0 fully saturated rings. The molecule has 0 saturated heterocycles. The number of carbonyl (C=O) groups is 1. The first-order chi connectivity index (χ1) is 22.5. The number of aliphatic hydroxyl groups excluding tert-OH is 2. The average molecular weight is 628 g/mol. The molecule has 0 saturated carbocycles. The summed E-state index contributed by atoms with van der Waals surface area (Å²) in [6.07, 6.45) is 3.43. The molecular weight excluding hydrogens is 582 g/mol. The predicted molar refractivity (Wildman–Crippen MR) is 182 cm³/mol. The van der Waals surface area contributed by atoms with Crippen molar-refractivity contribution in [3.63, 3.8) is 0 Å². The van der Waals surface area contributed by atoms with Gasteiger partial charge in [-0.1, -0.05) is 73.5 Å². The van der Waals surface area contributed by atoms with E-state index in [0.29, 0.717) is 55.5 Å². The van der Waals surface area contributed by atoms with E-state index in [1.807, 2.05) is 66.7 Å². The van der Waals surface area contributed by atoms with E-state index < -0.39 is 6.10 Å². The van der Waals surface area contributed by atoms with Gasteiger partial charge in [-0.15, -0.1) is 0 Å². The zero-order chi connectivity index (χ0) is 32.4. The minimum atomic E-state index is -0.691. The van der Waals surface area contributed by atoms with Crippen molar-refractivity contribution >= 4 is 17.4 Å². The Bertz CT molecular complexity index is 1470. The highest BCUT2D eigenvalue weighted by atomic mass is 16.5. The van der Waals surface area contributed by atoms with Gasteiger partial charge in [0.1, 0.15) is 5.75 Å². The highest BCUT2D eigenvalue weighted by Crippen LogP contribution is 2.23. The van der Waals surface area contributed by atoms with Crippen LogP contribution in [-0.4, -0.2) is 54.3 Å². The highest BCUT2D eigenvalue weighted by molar-refractivity contribution is 5.99. The zero-order valence-corrected chi connectivity index (χ0v) is 26.2. The molecule has 46 heavy (non-hydrogen) atoms. The maximum absolute atomic E-state index is 12.5. The van der Waals surface area contributed by atoms with Crippen molar-refractivity contribution < 1.29 is 29.6 Å². The normalized spacial score (nSPS) is 11.7. The number of nitrogens with one attached hydrogen (secondary N) is 3. The number of amides is 2. The molecule has 244 valence electrons. The summed E-state index contributed by atoms with van der Waals surface area (Å²) in [5.74, 6) is 0.0311. The first-order valence-corrected chi connectivity index (χ1v) is 15.8. The lowest BCUT2D eigenvalue weighted by molar-refractivity contribution is 0.0393. The summed E-state index contributed by atoms with van der Waals surface area (Å²) in [5.41, 5.74) is 5.66. The lowest BCUT2D eigenvalue weighted by atomic mass is 10.1. The molecule has 0 heterocycles. The molecule has 0 unspecified atom stereocenters. The van der Waals surface area contributed by atoms with E-state index in [4.69, 9.17) is 9.47 Å². The van der Waals surface area contributed by atoms with Crippen molar-refractivity contribution in [2.75, 3.05) is 43.5 Å². The summed E-state index contributed by atoms with van der Waals surface area (Å²) in [4.78, 5) is 12.5. The van der Waals surface area contributed by atoms with Gasteiger partial charge in [0.2, 0.25) is 0 Å². The quantitative estimate of drug-likeness (QED) is 0.0645. The largest absolute Gasteiger partial charge is 0.508 e. The van der Waals surface area contributed by atoms with Crippen LogP contribution in [0.4, 0.5) is 16.2 Å². The van der Waals surface area contributed by atoms with Gasteiger partial charge in [-0.2, -0.15) is 0 Å². The SMILES string of the molecule is O=C(Nc1ccc(-c2ccccc2)cc1)Nc1cccc(COCCOCCCCCCNC[C@@H](O)c2ccc(O)c(CO)c2)c1. The molecule has 1 atom stereocenters. The Hall–Kier alpha value is -4.25. The minimum Gasteiger partial charge on any atom is -0.508 e. The first-order valence-electron chi connectivity index (χ1n) is 15.8. The van der Waals surface area contributed by atoms with Gasteiger partial charge in [0.05, 0.1) is 32.5 Å². The molecule has 0 radical (unpaired) electrons. The van der Waals surface area contributed by atoms with Gasteiger partial charge in [0.25, 0.3) is 0 Å². The Labute approximate surface area is 271 Å². The number of aliphatic hydroxyl groups is 2. The van der Waals surface area contributed by atoms with Crippen LogP contribution in [0.3, 0.4) is 0 Å². The number of ether oxygens (including phenoxy) is 2. The molecule has 0 bridgehead atoms. The van der Waals surface area contributed by atoms with Crippen LogP contribution in [0.2, 0.25) is 0 Å². The second-order valence-corrected chi connectivity index (χ2v) is 11.1. The summed E-state index contributed by atoms with van der Waals surface area (Å²) in [6.45, 7) is 3.09. The van der Waals surface area contributed by atoms with Gasteiger partial charge >= 0.3 is 6.03 Å². The molecule has 6 N–H and O–H groups in total. The van der Waals surface area contributed by atoms with Gasteiger partial charge in [-0.3, -0.25) is 0 Å². The van der Waals surface area contributed by atoms with Crippen molar-refractivity contribution in [2.24, 2.45) is 0 Å². The number of hydrogen-bond donors (Lipinski definition) is 6. The van der Waals surface area contributed by atoms with Crippen LogP contribution < -0.4 is 16.0 Å². The average Bonchev–Trinajstić information content (AvgIpc) is 3.08. The Balaban J connectivity index is 0.999. The smallest absolute Gasteiger partial charge is 0.323 e. The third kappa shape index (κ3) is 11.9. The molecule has 4 aromatic rings. The molecule has 9 heteroatoms. The van der Waals surface area contributed by atoms with Crippen LogP contribution in [0.15, 0.2) is 97.1 Å². The van der Waals surface area contributed by atoms with E-state index in [9.17, 15) is 20.1 Å². The number of phenols is 1. The number of aromatic hydroxyl groups is 1. The van der Waals surface area contributed by atoms with Gasteiger partial charge in [-0.05, 0) is 78.0 Å². The summed E-state index contributed by atoms with van der Waals surface area (Å²) in [7, 11) is 0. The minimum absolute atomic E-state index is 0.0311. The molecular formula is C37H45N3O6. The second-order valence-electron chi connectivity index (χ2n) is 11.1. The van der Waals surface area contributed by atoms with E-state index >= 15 is 0 Å². The van der Waals surface area contributed by atoms with Crippen molar-refractivity contribution in [3.8, 4) is 16.9 Å². The lowest BCUT2D eigenvalue weighted by Crippen LogP contribution is -2.22. The van der Waals surface area contributed by atoms with Crippen LogP contribution in [0, 0.1) is 0 Å². The molecule has 4 aromatic carbocycles. The van der Waals surface area contributed by atoms with E-state index in [2.05, 4.69) is 28.1 Å². The van der Waals surface area contributed by atoms with Crippen LogP contribution in [-0.2, 0) is 22.7 Å². The third-order valence-corrected chi connectivity index (χ3v) is 7.46. The van der Waals surface area contributed by atoms with Crippen LogP contribution >= 0.6 is 0 Å². The second kappa shape index (κ2) is 19.3. The first kappa shape index (κ1) is 34.6. The van der Waals surface area contributed by atoms with Gasteiger partial charge < -0.3 is 40.7 Å². The Morgan fingerprint density at radius 1 is 0.717 bits per heavy atom.